The van der Waals surface area contributed by atoms with E-state index in [9.17, 15) is 0 Å². The zero-order chi connectivity index (χ0) is 42.7. The van der Waals surface area contributed by atoms with Crippen LogP contribution in [0.1, 0.15) is 45.9 Å². The Morgan fingerprint density at radius 2 is 0.734 bits per heavy atom. The number of hydrogen-bond acceptors (Lipinski definition) is 1. The van der Waals surface area contributed by atoms with Gasteiger partial charge in [0.15, 0.2) is 0 Å². The Balaban J connectivity index is 1.02. The van der Waals surface area contributed by atoms with Gasteiger partial charge in [0.2, 0.25) is 0 Å². The Kier molecular flexibility index (Phi) is 8.91. The van der Waals surface area contributed by atoms with Crippen LogP contribution < -0.4 is 4.90 Å². The first-order valence-electron chi connectivity index (χ1n) is 22.3. The molecule has 0 bridgehead atoms. The van der Waals surface area contributed by atoms with E-state index in [1.807, 2.05) is 0 Å². The molecule has 0 saturated carbocycles. The summed E-state index contributed by atoms with van der Waals surface area (Å²) in [5.74, 6) is 0. The molecule has 0 spiro atoms. The maximum atomic E-state index is 2.45. The summed E-state index contributed by atoms with van der Waals surface area (Å²) in [4.78, 5) is 2.45. The van der Waals surface area contributed by atoms with Gasteiger partial charge >= 0.3 is 0 Å². The van der Waals surface area contributed by atoms with Crippen LogP contribution in [-0.2, 0) is 10.8 Å². The van der Waals surface area contributed by atoms with E-state index in [-0.39, 0.29) is 5.41 Å². The van der Waals surface area contributed by atoms with Gasteiger partial charge in [0.25, 0.3) is 0 Å². The van der Waals surface area contributed by atoms with Crippen LogP contribution in [-0.4, -0.2) is 0 Å². The molecule has 302 valence electrons. The van der Waals surface area contributed by atoms with Crippen LogP contribution in [0.3, 0.4) is 0 Å². The molecule has 0 heterocycles. The molecule has 2 aliphatic carbocycles. The van der Waals surface area contributed by atoms with E-state index < -0.39 is 5.41 Å². The summed E-state index contributed by atoms with van der Waals surface area (Å²) in [5, 5.41) is 0. The van der Waals surface area contributed by atoms with Crippen molar-refractivity contribution in [1.29, 1.82) is 0 Å². The summed E-state index contributed by atoms with van der Waals surface area (Å²) in [7, 11) is 0. The molecule has 10 aromatic rings. The van der Waals surface area contributed by atoms with Crippen LogP contribution in [0.2, 0.25) is 0 Å². The average molecular weight is 816 g/mol. The van der Waals surface area contributed by atoms with Crippen molar-refractivity contribution >= 4 is 17.1 Å². The smallest absolute Gasteiger partial charge is 0.0713 e. The topological polar surface area (TPSA) is 3.24 Å². The predicted octanol–water partition coefficient (Wildman–Crippen LogP) is 16.2. The monoisotopic (exact) mass is 815 g/mol. The molecule has 0 saturated heterocycles. The van der Waals surface area contributed by atoms with Gasteiger partial charge in [0, 0.05) is 22.4 Å². The van der Waals surface area contributed by atoms with E-state index in [2.05, 4.69) is 267 Å². The molecule has 12 rings (SSSR count). The first kappa shape index (κ1) is 37.7. The molecule has 1 unspecified atom stereocenters. The van der Waals surface area contributed by atoms with E-state index in [1.165, 1.54) is 83.5 Å². The third-order valence-electron chi connectivity index (χ3n) is 14.1. The summed E-state index contributed by atoms with van der Waals surface area (Å²) < 4.78 is 0. The number of hydrogen-bond donors (Lipinski definition) is 0. The SMILES string of the molecule is CC1(c2ccccc2)c2ccccc2-c2ccc(N(c3ccc(-c4ccc5c(c4)C(c4ccccc4)(c4ccccc4)c4ccccc4-5)cc3)c3ccccc3-c3ccccc3)cc21. The summed E-state index contributed by atoms with van der Waals surface area (Å²) in [5.41, 5.74) is 21.6. The van der Waals surface area contributed by atoms with Crippen molar-refractivity contribution in [1.82, 2.24) is 0 Å². The van der Waals surface area contributed by atoms with E-state index in [4.69, 9.17) is 0 Å². The van der Waals surface area contributed by atoms with Crippen LogP contribution in [0.25, 0.3) is 44.5 Å². The minimum atomic E-state index is -0.455. The standard InChI is InChI=1S/C63H45N/c1-62(47-22-8-3-9-23-47)57-31-17-14-29-53(57)55-41-39-51(43-59(55)62)64(61-33-19-16-28-52(61)45-20-6-2-7-21-45)50-37-34-44(35-38-50)46-36-40-56-54-30-15-18-32-58(54)63(60(56)42-46,48-24-10-4-11-25-48)49-26-12-5-13-27-49/h2-43H,1H3. The van der Waals surface area contributed by atoms with Gasteiger partial charge in [-0.15, -0.1) is 0 Å². The summed E-state index contributed by atoms with van der Waals surface area (Å²) in [6.07, 6.45) is 0. The molecule has 1 nitrogen and oxygen atoms in total. The predicted molar refractivity (Wildman–Crippen MR) is 267 cm³/mol. The highest BCUT2D eigenvalue weighted by Gasteiger charge is 2.46. The van der Waals surface area contributed by atoms with Crippen LogP contribution in [0.4, 0.5) is 17.1 Å². The fourth-order valence-electron chi connectivity index (χ4n) is 11.1. The van der Waals surface area contributed by atoms with E-state index >= 15 is 0 Å². The lowest BCUT2D eigenvalue weighted by Crippen LogP contribution is -2.28. The highest BCUT2D eigenvalue weighted by molar-refractivity contribution is 5.92. The summed E-state index contributed by atoms with van der Waals surface area (Å²) in [6.45, 7) is 2.40. The number of benzene rings is 10. The molecular weight excluding hydrogens is 771 g/mol. The number of fused-ring (bicyclic) bond motifs is 6. The largest absolute Gasteiger partial charge is 0.310 e. The second kappa shape index (κ2) is 15.1. The van der Waals surface area contributed by atoms with Gasteiger partial charge in [-0.25, -0.2) is 0 Å². The first-order valence-corrected chi connectivity index (χ1v) is 22.3. The van der Waals surface area contributed by atoms with Crippen molar-refractivity contribution in [3.63, 3.8) is 0 Å². The lowest BCUT2D eigenvalue weighted by molar-refractivity contribution is 0.714. The van der Waals surface area contributed by atoms with Crippen molar-refractivity contribution in [2.45, 2.75) is 17.8 Å². The molecular formula is C63H45N. The number of anilines is 3. The fraction of sp³-hybridized carbons (Fsp3) is 0.0476. The van der Waals surface area contributed by atoms with Crippen molar-refractivity contribution in [2.75, 3.05) is 4.90 Å². The second-order valence-electron chi connectivity index (χ2n) is 17.3. The van der Waals surface area contributed by atoms with E-state index in [0.717, 1.165) is 17.1 Å². The Hall–Kier alpha value is -8.00. The maximum absolute atomic E-state index is 2.45. The summed E-state index contributed by atoms with van der Waals surface area (Å²) in [6, 6.07) is 94.0. The fourth-order valence-corrected chi connectivity index (χ4v) is 11.1. The van der Waals surface area contributed by atoms with Crippen LogP contribution >= 0.6 is 0 Å². The molecule has 2 aliphatic rings. The second-order valence-corrected chi connectivity index (χ2v) is 17.3. The highest BCUT2D eigenvalue weighted by atomic mass is 15.1. The molecule has 1 heteroatoms. The molecule has 0 aliphatic heterocycles. The maximum Gasteiger partial charge on any atom is 0.0713 e. The number of para-hydroxylation sites is 1. The Morgan fingerprint density at radius 3 is 1.39 bits per heavy atom. The van der Waals surface area contributed by atoms with Gasteiger partial charge in [-0.3, -0.25) is 0 Å². The number of nitrogens with zero attached hydrogens (tertiary/aromatic N) is 1. The summed E-state index contributed by atoms with van der Waals surface area (Å²) >= 11 is 0. The third-order valence-corrected chi connectivity index (χ3v) is 14.1. The Morgan fingerprint density at radius 1 is 0.281 bits per heavy atom. The lowest BCUT2D eigenvalue weighted by atomic mass is 9.67. The average Bonchev–Trinajstić information content (AvgIpc) is 3.82. The van der Waals surface area contributed by atoms with E-state index in [0.29, 0.717) is 0 Å². The zero-order valence-electron chi connectivity index (χ0n) is 35.7. The van der Waals surface area contributed by atoms with Crippen LogP contribution in [0.15, 0.2) is 255 Å². The van der Waals surface area contributed by atoms with Gasteiger partial charge in [0.1, 0.15) is 0 Å². The van der Waals surface area contributed by atoms with Crippen LogP contribution in [0, 0.1) is 0 Å². The normalized spacial score (nSPS) is 15.1. The van der Waals surface area contributed by atoms with Crippen molar-refractivity contribution < 1.29 is 0 Å². The lowest BCUT2D eigenvalue weighted by Gasteiger charge is -2.34. The molecule has 0 fully saturated rings. The quantitative estimate of drug-likeness (QED) is 0.148. The van der Waals surface area contributed by atoms with Crippen LogP contribution in [0.5, 0.6) is 0 Å². The Labute approximate surface area is 376 Å². The molecule has 1 atom stereocenters. The van der Waals surface area contributed by atoms with Crippen molar-refractivity contribution in [3.8, 4) is 44.5 Å². The minimum Gasteiger partial charge on any atom is -0.310 e. The van der Waals surface area contributed by atoms with Gasteiger partial charge in [-0.05, 0) is 121 Å². The van der Waals surface area contributed by atoms with Crippen molar-refractivity contribution in [3.05, 3.63) is 294 Å². The van der Waals surface area contributed by atoms with Gasteiger partial charge in [-0.1, -0.05) is 218 Å². The highest BCUT2D eigenvalue weighted by Crippen LogP contribution is 2.57. The van der Waals surface area contributed by atoms with Crippen molar-refractivity contribution in [2.24, 2.45) is 0 Å². The van der Waals surface area contributed by atoms with E-state index in [1.54, 1.807) is 0 Å². The zero-order valence-corrected chi connectivity index (χ0v) is 35.7. The molecule has 10 aromatic carbocycles. The van der Waals surface area contributed by atoms with Gasteiger partial charge in [0.05, 0.1) is 11.1 Å². The third kappa shape index (κ3) is 5.71. The molecule has 0 radical (unpaired) electrons. The van der Waals surface area contributed by atoms with Gasteiger partial charge < -0.3 is 4.90 Å². The first-order chi connectivity index (χ1) is 31.6. The Bertz CT molecular complexity index is 3280. The molecule has 0 amide bonds. The minimum absolute atomic E-state index is 0.320. The molecule has 0 aromatic heterocycles. The molecule has 64 heavy (non-hydrogen) atoms. The molecule has 0 N–H and O–H groups in total. The van der Waals surface area contributed by atoms with Gasteiger partial charge in [-0.2, -0.15) is 0 Å². The number of rotatable bonds is 8.